The number of aliphatic hydroxyl groups is 2. The maximum Gasteiger partial charge on any atom is 0.213 e. The van der Waals surface area contributed by atoms with Gasteiger partial charge in [-0.15, -0.1) is 0 Å². The summed E-state index contributed by atoms with van der Waals surface area (Å²) in [5.74, 6) is 0.528. The summed E-state index contributed by atoms with van der Waals surface area (Å²) in [5, 5.41) is 23.8. The molecule has 0 aliphatic carbocycles. The topological polar surface area (TPSA) is 91.4 Å². The van der Waals surface area contributed by atoms with Crippen LogP contribution in [0.25, 0.3) is 0 Å². The Kier molecular flexibility index (Phi) is 3.65. The second kappa shape index (κ2) is 4.81. The van der Waals surface area contributed by atoms with Gasteiger partial charge in [0.05, 0.1) is 19.3 Å². The predicted octanol–water partition coefficient (Wildman–Crippen LogP) is -1.49. The van der Waals surface area contributed by atoms with Crippen LogP contribution in [0.1, 0.15) is 5.82 Å². The normalized spacial score (nSPS) is 13.2. The van der Waals surface area contributed by atoms with Crippen LogP contribution >= 0.6 is 0 Å². The molecule has 1 unspecified atom stereocenters. The predicted molar refractivity (Wildman–Crippen MR) is 39.1 cm³/mol. The van der Waals surface area contributed by atoms with Crippen molar-refractivity contribution in [1.29, 1.82) is 0 Å². The molecule has 3 N–H and O–H groups in total. The van der Waals surface area contributed by atoms with Gasteiger partial charge in [0, 0.05) is 6.54 Å². The van der Waals surface area contributed by atoms with Crippen LogP contribution in [-0.4, -0.2) is 39.6 Å². The first-order valence-electron chi connectivity index (χ1n) is 3.58. The van der Waals surface area contributed by atoms with Gasteiger partial charge in [-0.25, -0.2) is 0 Å². The van der Waals surface area contributed by atoms with E-state index in [0.29, 0.717) is 18.9 Å². The van der Waals surface area contributed by atoms with Crippen LogP contribution in [0.15, 0.2) is 10.9 Å². The molecule has 0 spiro atoms. The van der Waals surface area contributed by atoms with E-state index in [4.69, 9.17) is 10.2 Å². The molecule has 6 heteroatoms. The van der Waals surface area contributed by atoms with E-state index in [0.717, 1.165) is 0 Å². The van der Waals surface area contributed by atoms with E-state index in [1.807, 2.05) is 0 Å². The third-order valence-electron chi connectivity index (χ3n) is 1.28. The average molecular weight is 173 g/mol. The highest BCUT2D eigenvalue weighted by Crippen LogP contribution is 1.86. The number of hydrogen-bond donors (Lipinski definition) is 3. The summed E-state index contributed by atoms with van der Waals surface area (Å²) in [6.07, 6.45) is 0.497. The van der Waals surface area contributed by atoms with Gasteiger partial charge in [-0.3, -0.25) is 0 Å². The third kappa shape index (κ3) is 2.95. The molecule has 0 bridgehead atoms. The van der Waals surface area contributed by atoms with Gasteiger partial charge in [0.25, 0.3) is 0 Å². The third-order valence-corrected chi connectivity index (χ3v) is 1.28. The van der Waals surface area contributed by atoms with E-state index in [9.17, 15) is 0 Å². The Morgan fingerprint density at radius 1 is 1.67 bits per heavy atom. The summed E-state index contributed by atoms with van der Waals surface area (Å²) in [7, 11) is 0. The van der Waals surface area contributed by atoms with Gasteiger partial charge in [0.1, 0.15) is 0 Å². The first kappa shape index (κ1) is 9.11. The molecule has 68 valence electrons. The van der Waals surface area contributed by atoms with Gasteiger partial charge in [-0.1, -0.05) is 5.16 Å². The van der Waals surface area contributed by atoms with Gasteiger partial charge in [0.2, 0.25) is 6.39 Å². The Morgan fingerprint density at radius 3 is 3.08 bits per heavy atom. The fourth-order valence-corrected chi connectivity index (χ4v) is 0.685. The van der Waals surface area contributed by atoms with Crippen LogP contribution in [0, 0.1) is 0 Å². The largest absolute Gasteiger partial charge is 0.394 e. The van der Waals surface area contributed by atoms with Crippen LogP contribution in [0.2, 0.25) is 0 Å². The smallest absolute Gasteiger partial charge is 0.213 e. The maximum atomic E-state index is 8.91. The molecule has 0 aliphatic heterocycles. The van der Waals surface area contributed by atoms with Crippen molar-refractivity contribution in [2.75, 3.05) is 13.2 Å². The molecule has 0 amide bonds. The molecule has 0 saturated heterocycles. The lowest BCUT2D eigenvalue weighted by atomic mass is 10.4. The number of nitrogens with one attached hydrogen (secondary N) is 1. The average Bonchev–Trinajstić information content (AvgIpc) is 2.57. The number of nitrogens with zero attached hydrogens (tertiary/aromatic N) is 2. The highest BCUT2D eigenvalue weighted by molar-refractivity contribution is 4.76. The number of aromatic nitrogens is 2. The van der Waals surface area contributed by atoms with Crippen LogP contribution in [0.3, 0.4) is 0 Å². The molecular weight excluding hydrogens is 162 g/mol. The second-order valence-electron chi connectivity index (χ2n) is 2.31. The minimum absolute atomic E-state index is 0.251. The molecule has 0 saturated carbocycles. The molecule has 12 heavy (non-hydrogen) atoms. The zero-order valence-corrected chi connectivity index (χ0v) is 6.47. The highest BCUT2D eigenvalue weighted by atomic mass is 16.5. The SMILES string of the molecule is OCC(O)CNCc1ncon1. The van der Waals surface area contributed by atoms with Crippen molar-refractivity contribution in [2.24, 2.45) is 0 Å². The first-order chi connectivity index (χ1) is 5.83. The quantitative estimate of drug-likeness (QED) is 0.502. The van der Waals surface area contributed by atoms with Gasteiger partial charge in [0.15, 0.2) is 5.82 Å². The first-order valence-corrected chi connectivity index (χ1v) is 3.58. The Balaban J connectivity index is 2.11. The standard InChI is InChI=1S/C6H11N3O3/c10-3-5(11)1-7-2-6-8-4-12-9-6/h4-5,7,10-11H,1-3H2. The maximum absolute atomic E-state index is 8.91. The van der Waals surface area contributed by atoms with Crippen molar-refractivity contribution < 1.29 is 14.7 Å². The van der Waals surface area contributed by atoms with Crippen molar-refractivity contribution in [3.63, 3.8) is 0 Å². The van der Waals surface area contributed by atoms with E-state index in [-0.39, 0.29) is 6.61 Å². The van der Waals surface area contributed by atoms with Crippen LogP contribution < -0.4 is 5.32 Å². The molecule has 0 radical (unpaired) electrons. The summed E-state index contributed by atoms with van der Waals surface area (Å²) in [4.78, 5) is 3.75. The Hall–Kier alpha value is -0.980. The van der Waals surface area contributed by atoms with E-state index in [2.05, 4.69) is 20.0 Å². The zero-order valence-electron chi connectivity index (χ0n) is 6.47. The molecule has 6 nitrogen and oxygen atoms in total. The molecule has 1 aromatic heterocycles. The Morgan fingerprint density at radius 2 is 2.50 bits per heavy atom. The van der Waals surface area contributed by atoms with E-state index in [1.165, 1.54) is 6.39 Å². The summed E-state index contributed by atoms with van der Waals surface area (Å²) < 4.78 is 4.49. The number of rotatable bonds is 5. The molecule has 1 aromatic rings. The Bertz CT molecular complexity index is 202. The highest BCUT2D eigenvalue weighted by Gasteiger charge is 2.02. The fourth-order valence-electron chi connectivity index (χ4n) is 0.685. The second-order valence-corrected chi connectivity index (χ2v) is 2.31. The molecule has 0 fully saturated rings. The van der Waals surface area contributed by atoms with E-state index >= 15 is 0 Å². The van der Waals surface area contributed by atoms with Crippen molar-refractivity contribution in [2.45, 2.75) is 12.6 Å². The van der Waals surface area contributed by atoms with Gasteiger partial charge in [-0.2, -0.15) is 4.98 Å². The molecular formula is C6H11N3O3. The summed E-state index contributed by atoms with van der Waals surface area (Å²) in [6, 6.07) is 0. The Labute approximate surface area is 69.2 Å². The molecule has 0 aliphatic rings. The zero-order chi connectivity index (χ0) is 8.81. The fraction of sp³-hybridized carbons (Fsp3) is 0.667. The monoisotopic (exact) mass is 173 g/mol. The number of aliphatic hydroxyl groups excluding tert-OH is 2. The minimum atomic E-state index is -0.739. The molecule has 1 rings (SSSR count). The van der Waals surface area contributed by atoms with Gasteiger partial charge in [-0.05, 0) is 0 Å². The van der Waals surface area contributed by atoms with Crippen LogP contribution in [0.4, 0.5) is 0 Å². The van der Waals surface area contributed by atoms with Crippen molar-refractivity contribution in [3.05, 3.63) is 12.2 Å². The number of hydrogen-bond acceptors (Lipinski definition) is 6. The van der Waals surface area contributed by atoms with Crippen LogP contribution in [0.5, 0.6) is 0 Å². The lowest BCUT2D eigenvalue weighted by Crippen LogP contribution is -2.29. The van der Waals surface area contributed by atoms with E-state index in [1.54, 1.807) is 0 Å². The summed E-state index contributed by atoms with van der Waals surface area (Å²) in [6.45, 7) is 0.484. The van der Waals surface area contributed by atoms with Gasteiger partial charge < -0.3 is 20.1 Å². The molecule has 0 aromatic carbocycles. The van der Waals surface area contributed by atoms with Crippen molar-refractivity contribution in [3.8, 4) is 0 Å². The molecule has 1 heterocycles. The van der Waals surface area contributed by atoms with E-state index < -0.39 is 6.10 Å². The lowest BCUT2D eigenvalue weighted by Gasteiger charge is -2.05. The van der Waals surface area contributed by atoms with Crippen molar-refractivity contribution in [1.82, 2.24) is 15.5 Å². The summed E-state index contributed by atoms with van der Waals surface area (Å²) in [5.41, 5.74) is 0. The van der Waals surface area contributed by atoms with Crippen molar-refractivity contribution >= 4 is 0 Å². The lowest BCUT2D eigenvalue weighted by molar-refractivity contribution is 0.0940. The molecule has 1 atom stereocenters. The summed E-state index contributed by atoms with van der Waals surface area (Å²) >= 11 is 0. The minimum Gasteiger partial charge on any atom is -0.394 e. The van der Waals surface area contributed by atoms with Crippen LogP contribution in [-0.2, 0) is 6.54 Å². The van der Waals surface area contributed by atoms with Gasteiger partial charge >= 0.3 is 0 Å².